The second-order valence-electron chi connectivity index (χ2n) is 7.07. The van der Waals surface area contributed by atoms with Crippen molar-refractivity contribution in [1.82, 2.24) is 4.90 Å². The van der Waals surface area contributed by atoms with E-state index in [0.29, 0.717) is 27.3 Å². The van der Waals surface area contributed by atoms with Crippen molar-refractivity contribution >= 4 is 35.1 Å². The lowest BCUT2D eigenvalue weighted by atomic mass is 9.79. The molecule has 0 saturated heterocycles. The summed E-state index contributed by atoms with van der Waals surface area (Å²) >= 11 is 12.5. The molecule has 1 aliphatic heterocycles. The van der Waals surface area contributed by atoms with E-state index < -0.39 is 23.7 Å². The number of carbonyl (C=O) groups excluding carboxylic acids is 1. The lowest BCUT2D eigenvalue weighted by Crippen LogP contribution is -2.44. The van der Waals surface area contributed by atoms with Crippen LogP contribution in [0.15, 0.2) is 66.7 Å². The van der Waals surface area contributed by atoms with Crippen molar-refractivity contribution in [3.63, 3.8) is 0 Å². The summed E-state index contributed by atoms with van der Waals surface area (Å²) in [5.74, 6) is -2.81. The van der Waals surface area contributed by atoms with Crippen molar-refractivity contribution in [2.24, 2.45) is 0 Å². The molecule has 0 radical (unpaired) electrons. The molecule has 1 aliphatic rings. The van der Waals surface area contributed by atoms with Crippen LogP contribution in [0, 0.1) is 5.82 Å². The van der Waals surface area contributed by atoms with Crippen LogP contribution in [0.2, 0.25) is 10.0 Å². The monoisotopic (exact) mass is 443 g/mol. The summed E-state index contributed by atoms with van der Waals surface area (Å²) in [6, 6.07) is 16.3. The average Bonchev–Trinajstić information content (AvgIpc) is 2.71. The van der Waals surface area contributed by atoms with Crippen LogP contribution in [0.1, 0.15) is 39.0 Å². The van der Waals surface area contributed by atoms with Crippen molar-refractivity contribution in [3.05, 3.63) is 105 Å². The summed E-state index contributed by atoms with van der Waals surface area (Å²) < 4.78 is 13.4. The van der Waals surface area contributed by atoms with Gasteiger partial charge >= 0.3 is 5.97 Å². The Morgan fingerprint density at radius 2 is 1.70 bits per heavy atom. The van der Waals surface area contributed by atoms with E-state index in [1.165, 1.54) is 23.1 Å². The van der Waals surface area contributed by atoms with E-state index in [0.717, 1.165) is 0 Å². The molecule has 4 rings (SSSR count). The Hall–Kier alpha value is -2.89. The van der Waals surface area contributed by atoms with Crippen LogP contribution in [0.4, 0.5) is 4.39 Å². The number of halogens is 3. The largest absolute Gasteiger partial charge is 0.481 e. The number of fused-ring (bicyclic) bond motifs is 1. The first-order valence-electron chi connectivity index (χ1n) is 9.19. The number of carbonyl (C=O) groups is 2. The second-order valence-corrected chi connectivity index (χ2v) is 7.92. The van der Waals surface area contributed by atoms with Crippen LogP contribution in [0.5, 0.6) is 0 Å². The number of rotatable bonds is 4. The first-order chi connectivity index (χ1) is 14.4. The van der Waals surface area contributed by atoms with Crippen molar-refractivity contribution < 1.29 is 19.1 Å². The van der Waals surface area contributed by atoms with Gasteiger partial charge in [0.05, 0.1) is 6.04 Å². The molecule has 152 valence electrons. The fourth-order valence-corrected chi connectivity index (χ4v) is 4.43. The molecule has 3 aromatic rings. The highest BCUT2D eigenvalue weighted by Gasteiger charge is 2.44. The smallest absolute Gasteiger partial charge is 0.313 e. The van der Waals surface area contributed by atoms with E-state index in [9.17, 15) is 19.1 Å². The van der Waals surface area contributed by atoms with Gasteiger partial charge in [0.25, 0.3) is 5.91 Å². The minimum absolute atomic E-state index is 0.0981. The van der Waals surface area contributed by atoms with Gasteiger partial charge < -0.3 is 10.0 Å². The summed E-state index contributed by atoms with van der Waals surface area (Å²) in [5, 5.41) is 10.8. The minimum atomic E-state index is -1.07. The number of benzene rings is 3. The predicted molar refractivity (Wildman–Crippen MR) is 112 cm³/mol. The normalized spacial score (nSPS) is 18.2. The molecular weight excluding hydrogens is 428 g/mol. The Labute approximate surface area is 182 Å². The quantitative estimate of drug-likeness (QED) is 0.562. The van der Waals surface area contributed by atoms with Crippen LogP contribution in [0.3, 0.4) is 0 Å². The number of hydrogen-bond acceptors (Lipinski definition) is 2. The zero-order valence-corrected chi connectivity index (χ0v) is 17.1. The molecule has 0 aliphatic carbocycles. The van der Waals surface area contributed by atoms with E-state index in [4.69, 9.17) is 23.2 Å². The zero-order valence-electron chi connectivity index (χ0n) is 15.6. The van der Waals surface area contributed by atoms with E-state index in [1.54, 1.807) is 48.5 Å². The Balaban J connectivity index is 1.90. The van der Waals surface area contributed by atoms with Gasteiger partial charge in [-0.15, -0.1) is 0 Å². The number of aliphatic carboxylic acids is 1. The molecule has 0 saturated carbocycles. The summed E-state index contributed by atoms with van der Waals surface area (Å²) in [6.45, 7) is 0.0981. The van der Waals surface area contributed by atoms with Crippen molar-refractivity contribution in [2.75, 3.05) is 0 Å². The van der Waals surface area contributed by atoms with E-state index in [2.05, 4.69) is 0 Å². The van der Waals surface area contributed by atoms with Gasteiger partial charge in [0.2, 0.25) is 0 Å². The second kappa shape index (κ2) is 8.09. The molecule has 4 nitrogen and oxygen atoms in total. The summed E-state index contributed by atoms with van der Waals surface area (Å²) in [5.41, 5.74) is 1.91. The van der Waals surface area contributed by atoms with Crippen molar-refractivity contribution in [3.8, 4) is 0 Å². The molecule has 0 fully saturated rings. The molecule has 0 aromatic heterocycles. The number of nitrogens with zero attached hydrogens (tertiary/aromatic N) is 1. The molecule has 2 unspecified atom stereocenters. The van der Waals surface area contributed by atoms with Gasteiger partial charge in [0.1, 0.15) is 11.7 Å². The maximum absolute atomic E-state index is 13.4. The van der Waals surface area contributed by atoms with Crippen molar-refractivity contribution in [1.29, 1.82) is 0 Å². The van der Waals surface area contributed by atoms with Crippen LogP contribution < -0.4 is 0 Å². The Bertz CT molecular complexity index is 1130. The highest BCUT2D eigenvalue weighted by molar-refractivity contribution is 6.35. The third-order valence-corrected chi connectivity index (χ3v) is 5.81. The topological polar surface area (TPSA) is 57.6 Å². The predicted octanol–water partition coefficient (Wildman–Crippen LogP) is 5.70. The Kier molecular flexibility index (Phi) is 5.50. The molecule has 2 atom stereocenters. The maximum atomic E-state index is 13.4. The fraction of sp³-hybridized carbons (Fsp3) is 0.130. The maximum Gasteiger partial charge on any atom is 0.313 e. The van der Waals surface area contributed by atoms with Gasteiger partial charge in [-0.05, 0) is 47.0 Å². The van der Waals surface area contributed by atoms with E-state index in [1.807, 2.05) is 0 Å². The van der Waals surface area contributed by atoms with Crippen LogP contribution >= 0.6 is 23.2 Å². The SMILES string of the molecule is O=C(O)C1c2ccccc2C(=O)N(Cc2ccc(F)cc2)C1c1ccc(Cl)cc1Cl. The highest BCUT2D eigenvalue weighted by atomic mass is 35.5. The number of carboxylic acids is 1. The van der Waals surface area contributed by atoms with Gasteiger partial charge in [-0.1, -0.05) is 59.6 Å². The summed E-state index contributed by atoms with van der Waals surface area (Å²) in [4.78, 5) is 27.3. The number of carboxylic acid groups (broad SMARTS) is 1. The first-order valence-corrected chi connectivity index (χ1v) is 9.94. The third kappa shape index (κ3) is 3.66. The van der Waals surface area contributed by atoms with Crippen molar-refractivity contribution in [2.45, 2.75) is 18.5 Å². The third-order valence-electron chi connectivity index (χ3n) is 5.25. The molecule has 7 heteroatoms. The molecule has 3 aromatic carbocycles. The van der Waals surface area contributed by atoms with Crippen LogP contribution in [0.25, 0.3) is 0 Å². The lowest BCUT2D eigenvalue weighted by molar-refractivity contribution is -0.140. The van der Waals surface area contributed by atoms with Gasteiger partial charge in [-0.25, -0.2) is 4.39 Å². The molecule has 1 heterocycles. The molecule has 30 heavy (non-hydrogen) atoms. The lowest BCUT2D eigenvalue weighted by Gasteiger charge is -2.41. The van der Waals surface area contributed by atoms with Gasteiger partial charge in [0, 0.05) is 22.2 Å². The van der Waals surface area contributed by atoms with Crippen LogP contribution in [-0.2, 0) is 11.3 Å². The zero-order chi connectivity index (χ0) is 21.4. The first kappa shape index (κ1) is 20.4. The van der Waals surface area contributed by atoms with E-state index in [-0.39, 0.29) is 17.5 Å². The molecular formula is C23H16Cl2FNO3. The fourth-order valence-electron chi connectivity index (χ4n) is 3.91. The van der Waals surface area contributed by atoms with Gasteiger partial charge in [-0.3, -0.25) is 9.59 Å². The van der Waals surface area contributed by atoms with Crippen LogP contribution in [-0.4, -0.2) is 21.9 Å². The van der Waals surface area contributed by atoms with E-state index >= 15 is 0 Å². The molecule has 1 amide bonds. The molecule has 0 bridgehead atoms. The average molecular weight is 444 g/mol. The van der Waals surface area contributed by atoms with Gasteiger partial charge in [0.15, 0.2) is 0 Å². The summed E-state index contributed by atoms with van der Waals surface area (Å²) in [6.07, 6.45) is 0. The standard InChI is InChI=1S/C23H16Cl2FNO3/c24-14-7-10-18(19(25)11-14)21-20(23(29)30)16-3-1-2-4-17(16)22(28)27(21)12-13-5-8-15(26)9-6-13/h1-11,20-21H,12H2,(H,29,30). The molecule has 0 spiro atoms. The number of amides is 1. The minimum Gasteiger partial charge on any atom is -0.481 e. The number of hydrogen-bond donors (Lipinski definition) is 1. The summed E-state index contributed by atoms with van der Waals surface area (Å²) in [7, 11) is 0. The molecule has 1 N–H and O–H groups in total. The van der Waals surface area contributed by atoms with Gasteiger partial charge in [-0.2, -0.15) is 0 Å². The Morgan fingerprint density at radius 1 is 1.00 bits per heavy atom. The highest BCUT2D eigenvalue weighted by Crippen LogP contribution is 2.45. The Morgan fingerprint density at radius 3 is 2.37 bits per heavy atom.